The second-order valence-electron chi connectivity index (χ2n) is 5.30. The van der Waals surface area contributed by atoms with Crippen molar-refractivity contribution in [2.45, 2.75) is 53.6 Å². The Labute approximate surface area is 126 Å². The molecule has 0 unspecified atom stereocenters. The van der Waals surface area contributed by atoms with Crippen LogP contribution in [0.1, 0.15) is 43.0 Å². The molecule has 0 radical (unpaired) electrons. The van der Waals surface area contributed by atoms with Crippen LogP contribution in [0.3, 0.4) is 0 Å². The lowest BCUT2D eigenvalue weighted by molar-refractivity contribution is 0.558. The summed E-state index contributed by atoms with van der Waals surface area (Å²) in [4.78, 5) is 4.33. The average Bonchev–Trinajstić information content (AvgIpc) is 3.02. The first-order valence-electron chi connectivity index (χ1n) is 7.77. The molecule has 2 aromatic rings. The van der Waals surface area contributed by atoms with Gasteiger partial charge in [-0.3, -0.25) is 4.68 Å². The molecule has 0 aliphatic rings. The molecular weight excluding hydrogens is 264 g/mol. The van der Waals surface area contributed by atoms with E-state index in [0.29, 0.717) is 6.54 Å². The van der Waals surface area contributed by atoms with Gasteiger partial charge in [0, 0.05) is 12.2 Å². The number of hydrogen-bond acceptors (Lipinski definition) is 4. The van der Waals surface area contributed by atoms with Crippen molar-refractivity contribution >= 4 is 0 Å². The van der Waals surface area contributed by atoms with E-state index in [1.54, 1.807) is 6.33 Å². The van der Waals surface area contributed by atoms with Gasteiger partial charge in [-0.1, -0.05) is 6.92 Å². The Morgan fingerprint density at radius 2 is 1.95 bits per heavy atom. The highest BCUT2D eigenvalue weighted by molar-refractivity contribution is 5.25. The van der Waals surface area contributed by atoms with E-state index < -0.39 is 0 Å². The molecule has 0 bridgehead atoms. The number of rotatable bonds is 8. The monoisotopic (exact) mass is 290 g/mol. The van der Waals surface area contributed by atoms with Crippen LogP contribution in [0.15, 0.2) is 6.33 Å². The molecule has 6 heteroatoms. The molecule has 0 fully saturated rings. The topological polar surface area (TPSA) is 60.6 Å². The third kappa shape index (κ3) is 3.69. The summed E-state index contributed by atoms with van der Waals surface area (Å²) in [6.45, 7) is 12.1. The van der Waals surface area contributed by atoms with Crippen LogP contribution in [-0.4, -0.2) is 37.6 Å². The molecule has 0 amide bonds. The summed E-state index contributed by atoms with van der Waals surface area (Å²) in [5.41, 5.74) is 3.70. The van der Waals surface area contributed by atoms with Crippen molar-refractivity contribution in [1.29, 1.82) is 0 Å². The fraction of sp³-hybridized carbons (Fsp3) is 0.667. The molecule has 2 rings (SSSR count). The molecule has 0 aliphatic heterocycles. The van der Waals surface area contributed by atoms with E-state index in [2.05, 4.69) is 48.2 Å². The quantitative estimate of drug-likeness (QED) is 0.752. The van der Waals surface area contributed by atoms with Crippen molar-refractivity contribution in [1.82, 2.24) is 29.9 Å². The van der Waals surface area contributed by atoms with Crippen molar-refractivity contribution < 1.29 is 0 Å². The van der Waals surface area contributed by atoms with Crippen LogP contribution in [-0.2, 0) is 19.5 Å². The number of nitrogens with one attached hydrogen (secondary N) is 1. The van der Waals surface area contributed by atoms with Crippen LogP contribution in [0.2, 0.25) is 0 Å². The molecule has 0 spiro atoms. The molecule has 2 aromatic heterocycles. The van der Waals surface area contributed by atoms with E-state index in [-0.39, 0.29) is 0 Å². The van der Waals surface area contributed by atoms with Gasteiger partial charge >= 0.3 is 0 Å². The average molecular weight is 290 g/mol. The van der Waals surface area contributed by atoms with Crippen LogP contribution in [0.25, 0.3) is 0 Å². The summed E-state index contributed by atoms with van der Waals surface area (Å²) in [6, 6.07) is 0. The maximum atomic E-state index is 4.67. The molecule has 0 saturated heterocycles. The highest BCUT2D eigenvalue weighted by Gasteiger charge is 2.13. The summed E-state index contributed by atoms with van der Waals surface area (Å²) >= 11 is 0. The van der Waals surface area contributed by atoms with E-state index in [0.717, 1.165) is 37.6 Å². The highest BCUT2D eigenvalue weighted by atomic mass is 15.4. The molecule has 21 heavy (non-hydrogen) atoms. The van der Waals surface area contributed by atoms with E-state index in [1.165, 1.54) is 17.7 Å². The molecule has 2 heterocycles. The van der Waals surface area contributed by atoms with Gasteiger partial charge in [0.2, 0.25) is 0 Å². The lowest BCUT2D eigenvalue weighted by atomic mass is 10.1. The molecule has 1 N–H and O–H groups in total. The largest absolute Gasteiger partial charge is 0.316 e. The second kappa shape index (κ2) is 7.36. The fourth-order valence-electron chi connectivity index (χ4n) is 2.57. The summed E-state index contributed by atoms with van der Waals surface area (Å²) in [5, 5.41) is 12.3. The first-order chi connectivity index (χ1) is 10.2. The standard InChI is InChI=1S/C15H26N6/c1-5-8-16-9-7-14-12(3)19-21(13(14)4)10-15-17-11-18-20(15)6-2/h11,16H,5-10H2,1-4H3. The fourth-order valence-corrected chi connectivity index (χ4v) is 2.57. The van der Waals surface area contributed by atoms with E-state index in [9.17, 15) is 0 Å². The summed E-state index contributed by atoms with van der Waals surface area (Å²) in [6.07, 6.45) is 3.81. The van der Waals surface area contributed by atoms with Gasteiger partial charge in [0.25, 0.3) is 0 Å². The van der Waals surface area contributed by atoms with E-state index in [4.69, 9.17) is 0 Å². The molecule has 116 valence electrons. The minimum Gasteiger partial charge on any atom is -0.316 e. The van der Waals surface area contributed by atoms with E-state index >= 15 is 0 Å². The zero-order valence-electron chi connectivity index (χ0n) is 13.6. The number of aryl methyl sites for hydroxylation is 2. The van der Waals surface area contributed by atoms with Crippen LogP contribution in [0.5, 0.6) is 0 Å². The van der Waals surface area contributed by atoms with Crippen LogP contribution in [0.4, 0.5) is 0 Å². The van der Waals surface area contributed by atoms with Gasteiger partial charge in [0.1, 0.15) is 18.7 Å². The third-order valence-corrected chi connectivity index (χ3v) is 3.80. The Kier molecular flexibility index (Phi) is 5.50. The van der Waals surface area contributed by atoms with Crippen LogP contribution < -0.4 is 5.32 Å². The minimum absolute atomic E-state index is 0.683. The predicted molar refractivity (Wildman–Crippen MR) is 83.4 cm³/mol. The van der Waals surface area contributed by atoms with Gasteiger partial charge in [0.15, 0.2) is 0 Å². The Morgan fingerprint density at radius 1 is 1.14 bits per heavy atom. The predicted octanol–water partition coefficient (Wildman–Crippen LogP) is 1.70. The Bertz CT molecular complexity index is 569. The smallest absolute Gasteiger partial charge is 0.148 e. The minimum atomic E-state index is 0.683. The van der Waals surface area contributed by atoms with Crippen molar-refractivity contribution in [3.63, 3.8) is 0 Å². The molecule has 0 aromatic carbocycles. The number of hydrogen-bond donors (Lipinski definition) is 1. The first-order valence-corrected chi connectivity index (χ1v) is 7.77. The van der Waals surface area contributed by atoms with Crippen molar-refractivity contribution in [3.05, 3.63) is 29.1 Å². The second-order valence-corrected chi connectivity index (χ2v) is 5.30. The maximum Gasteiger partial charge on any atom is 0.148 e. The van der Waals surface area contributed by atoms with Gasteiger partial charge in [-0.05, 0) is 52.3 Å². The van der Waals surface area contributed by atoms with Crippen LogP contribution in [0, 0.1) is 13.8 Å². The van der Waals surface area contributed by atoms with Crippen molar-refractivity contribution in [2.24, 2.45) is 0 Å². The van der Waals surface area contributed by atoms with Gasteiger partial charge in [-0.2, -0.15) is 10.2 Å². The number of aromatic nitrogens is 5. The Balaban J connectivity index is 2.08. The molecule has 6 nitrogen and oxygen atoms in total. The van der Waals surface area contributed by atoms with Gasteiger partial charge in [-0.25, -0.2) is 9.67 Å². The molecular formula is C15H26N6. The summed E-state index contributed by atoms with van der Waals surface area (Å²) in [5.74, 6) is 0.957. The maximum absolute atomic E-state index is 4.67. The lowest BCUT2D eigenvalue weighted by Gasteiger charge is -2.07. The molecule has 0 saturated carbocycles. The number of nitrogens with zero attached hydrogens (tertiary/aromatic N) is 5. The highest BCUT2D eigenvalue weighted by Crippen LogP contribution is 2.14. The zero-order valence-corrected chi connectivity index (χ0v) is 13.6. The van der Waals surface area contributed by atoms with Crippen LogP contribution >= 0.6 is 0 Å². The van der Waals surface area contributed by atoms with Crippen molar-refractivity contribution in [2.75, 3.05) is 13.1 Å². The normalized spacial score (nSPS) is 11.2. The SMILES string of the molecule is CCCNCCc1c(C)nn(Cc2ncnn2CC)c1C. The first kappa shape index (κ1) is 15.7. The zero-order chi connectivity index (χ0) is 15.2. The molecule has 0 atom stereocenters. The summed E-state index contributed by atoms with van der Waals surface area (Å²) < 4.78 is 3.96. The van der Waals surface area contributed by atoms with E-state index in [1.807, 2.05) is 9.36 Å². The third-order valence-electron chi connectivity index (χ3n) is 3.80. The van der Waals surface area contributed by atoms with Crippen molar-refractivity contribution in [3.8, 4) is 0 Å². The van der Waals surface area contributed by atoms with Gasteiger partial charge in [0.05, 0.1) is 5.69 Å². The Morgan fingerprint density at radius 3 is 2.67 bits per heavy atom. The van der Waals surface area contributed by atoms with Gasteiger partial charge in [-0.15, -0.1) is 0 Å². The molecule has 0 aliphatic carbocycles. The van der Waals surface area contributed by atoms with Gasteiger partial charge < -0.3 is 5.32 Å². The lowest BCUT2D eigenvalue weighted by Crippen LogP contribution is -2.18. The summed E-state index contributed by atoms with van der Waals surface area (Å²) in [7, 11) is 0. The Hall–Kier alpha value is -1.69.